The molecule has 1 saturated carbocycles. The molecular formula is C17H23BrN2O3. The third kappa shape index (κ3) is 3.44. The summed E-state index contributed by atoms with van der Waals surface area (Å²) in [5.74, 6) is 0.0337. The summed E-state index contributed by atoms with van der Waals surface area (Å²) in [5, 5.41) is 3.50. The molecule has 2 aliphatic rings. The van der Waals surface area contributed by atoms with Gasteiger partial charge >= 0.3 is 5.97 Å². The number of halogens is 1. The second kappa shape index (κ2) is 6.15. The number of fused-ring (bicyclic) bond motifs is 2. The van der Waals surface area contributed by atoms with Crippen LogP contribution in [-0.2, 0) is 19.9 Å². The summed E-state index contributed by atoms with van der Waals surface area (Å²) in [6.07, 6.45) is 5.50. The maximum absolute atomic E-state index is 12.1. The van der Waals surface area contributed by atoms with Crippen LogP contribution in [-0.4, -0.2) is 35.7 Å². The molecule has 126 valence electrons. The normalized spacial score (nSPS) is 29.7. The average molecular weight is 383 g/mol. The predicted molar refractivity (Wildman–Crippen MR) is 89.9 cm³/mol. The zero-order chi connectivity index (χ0) is 16.7. The summed E-state index contributed by atoms with van der Waals surface area (Å²) in [4.78, 5) is 16.2. The highest BCUT2D eigenvalue weighted by Crippen LogP contribution is 2.51. The zero-order valence-corrected chi connectivity index (χ0v) is 15.4. The molecule has 1 aromatic heterocycles. The molecule has 1 saturated heterocycles. The molecule has 1 aliphatic heterocycles. The molecule has 0 radical (unpaired) electrons. The van der Waals surface area contributed by atoms with Crippen molar-refractivity contribution >= 4 is 21.9 Å². The minimum atomic E-state index is -0.499. The van der Waals surface area contributed by atoms with Crippen molar-refractivity contribution in [3.63, 3.8) is 0 Å². The fourth-order valence-electron chi connectivity index (χ4n) is 3.72. The first kappa shape index (κ1) is 16.9. The van der Waals surface area contributed by atoms with E-state index in [1.165, 1.54) is 0 Å². The SMILES string of the molecule is CC(C)(C)OC(=O)COC1(c2ccncc2Br)CC2CC1CN2. The third-order valence-electron chi connectivity index (χ3n) is 4.53. The first-order chi connectivity index (χ1) is 10.8. The Morgan fingerprint density at radius 1 is 1.52 bits per heavy atom. The van der Waals surface area contributed by atoms with Crippen LogP contribution in [0.1, 0.15) is 39.2 Å². The molecule has 1 aliphatic carbocycles. The zero-order valence-electron chi connectivity index (χ0n) is 13.8. The fourth-order valence-corrected chi connectivity index (χ4v) is 4.31. The maximum atomic E-state index is 12.1. The molecule has 1 aromatic rings. The molecule has 2 bridgehead atoms. The van der Waals surface area contributed by atoms with Gasteiger partial charge in [-0.3, -0.25) is 4.98 Å². The summed E-state index contributed by atoms with van der Waals surface area (Å²) in [5.41, 5.74) is 0.125. The van der Waals surface area contributed by atoms with Gasteiger partial charge in [-0.1, -0.05) is 0 Å². The minimum absolute atomic E-state index is 0.0325. The topological polar surface area (TPSA) is 60.5 Å². The van der Waals surface area contributed by atoms with Gasteiger partial charge in [0, 0.05) is 40.9 Å². The number of nitrogens with zero attached hydrogens (tertiary/aromatic N) is 1. The number of hydrogen-bond donors (Lipinski definition) is 1. The second-order valence-corrected chi connectivity index (χ2v) is 8.22. The molecule has 3 rings (SSSR count). The summed E-state index contributed by atoms with van der Waals surface area (Å²) >= 11 is 3.59. The van der Waals surface area contributed by atoms with Crippen molar-refractivity contribution in [2.24, 2.45) is 5.92 Å². The lowest BCUT2D eigenvalue weighted by Gasteiger charge is -2.38. The minimum Gasteiger partial charge on any atom is -0.458 e. The Hall–Kier alpha value is -0.980. The van der Waals surface area contributed by atoms with E-state index in [1.807, 2.05) is 26.8 Å². The highest BCUT2D eigenvalue weighted by atomic mass is 79.9. The number of nitrogens with one attached hydrogen (secondary N) is 1. The Bertz CT molecular complexity index is 602. The summed E-state index contributed by atoms with van der Waals surface area (Å²) in [7, 11) is 0. The molecule has 0 amide bonds. The molecular weight excluding hydrogens is 360 g/mol. The van der Waals surface area contributed by atoms with E-state index in [2.05, 4.69) is 26.2 Å². The van der Waals surface area contributed by atoms with E-state index >= 15 is 0 Å². The van der Waals surface area contributed by atoms with Crippen LogP contribution in [0.5, 0.6) is 0 Å². The van der Waals surface area contributed by atoms with Crippen molar-refractivity contribution in [1.82, 2.24) is 10.3 Å². The molecule has 0 spiro atoms. The Kier molecular flexibility index (Phi) is 4.51. The monoisotopic (exact) mass is 382 g/mol. The number of hydrogen-bond acceptors (Lipinski definition) is 5. The molecule has 0 aromatic carbocycles. The van der Waals surface area contributed by atoms with Gasteiger partial charge < -0.3 is 14.8 Å². The van der Waals surface area contributed by atoms with Gasteiger partial charge in [0.25, 0.3) is 0 Å². The average Bonchev–Trinajstić information content (AvgIpc) is 3.05. The van der Waals surface area contributed by atoms with Crippen molar-refractivity contribution in [2.45, 2.75) is 50.9 Å². The van der Waals surface area contributed by atoms with Crippen molar-refractivity contribution < 1.29 is 14.3 Å². The molecule has 1 N–H and O–H groups in total. The molecule has 2 fully saturated rings. The lowest BCUT2D eigenvalue weighted by Crippen LogP contribution is -2.45. The largest absolute Gasteiger partial charge is 0.458 e. The molecule has 3 unspecified atom stereocenters. The summed E-state index contributed by atoms with van der Waals surface area (Å²) in [6.45, 7) is 6.47. The van der Waals surface area contributed by atoms with Crippen LogP contribution in [0.2, 0.25) is 0 Å². The van der Waals surface area contributed by atoms with Gasteiger partial charge in [-0.25, -0.2) is 4.79 Å². The van der Waals surface area contributed by atoms with Gasteiger partial charge in [-0.05, 0) is 55.6 Å². The van der Waals surface area contributed by atoms with E-state index in [1.54, 1.807) is 12.4 Å². The number of carbonyl (C=O) groups excluding carboxylic acids is 1. The summed E-state index contributed by atoms with van der Waals surface area (Å²) < 4.78 is 12.5. The van der Waals surface area contributed by atoms with Crippen LogP contribution in [0, 0.1) is 5.92 Å². The smallest absolute Gasteiger partial charge is 0.332 e. The van der Waals surface area contributed by atoms with Crippen LogP contribution in [0.4, 0.5) is 0 Å². The van der Waals surface area contributed by atoms with Crippen LogP contribution in [0.15, 0.2) is 22.9 Å². The van der Waals surface area contributed by atoms with Gasteiger partial charge in [0.2, 0.25) is 0 Å². The first-order valence-corrected chi connectivity index (χ1v) is 8.79. The highest BCUT2D eigenvalue weighted by Gasteiger charge is 2.54. The fraction of sp³-hybridized carbons (Fsp3) is 0.647. The third-order valence-corrected chi connectivity index (χ3v) is 5.16. The van der Waals surface area contributed by atoms with Gasteiger partial charge in [0.1, 0.15) is 17.8 Å². The van der Waals surface area contributed by atoms with Crippen molar-refractivity contribution in [1.29, 1.82) is 0 Å². The number of carbonyl (C=O) groups is 1. The number of esters is 1. The standard InChI is InChI=1S/C17H23BrN2O3/c1-16(2,3)23-15(21)10-22-17(7-12-6-11(17)8-20-12)13-4-5-19-9-14(13)18/h4-5,9,11-12,20H,6-8,10H2,1-3H3. The predicted octanol–water partition coefficient (Wildman–Crippen LogP) is 2.78. The molecule has 23 heavy (non-hydrogen) atoms. The Morgan fingerprint density at radius 3 is 2.87 bits per heavy atom. The van der Waals surface area contributed by atoms with Crippen LogP contribution < -0.4 is 5.32 Å². The summed E-state index contributed by atoms with van der Waals surface area (Å²) in [6, 6.07) is 2.43. The van der Waals surface area contributed by atoms with Gasteiger partial charge in [-0.15, -0.1) is 0 Å². The highest BCUT2D eigenvalue weighted by molar-refractivity contribution is 9.10. The molecule has 6 heteroatoms. The number of aromatic nitrogens is 1. The Balaban J connectivity index is 1.81. The number of pyridine rings is 1. The number of ether oxygens (including phenoxy) is 2. The van der Waals surface area contributed by atoms with Gasteiger partial charge in [0.05, 0.1) is 0 Å². The van der Waals surface area contributed by atoms with E-state index in [0.717, 1.165) is 29.4 Å². The van der Waals surface area contributed by atoms with Crippen LogP contribution in [0.3, 0.4) is 0 Å². The van der Waals surface area contributed by atoms with Crippen molar-refractivity contribution in [3.8, 4) is 0 Å². The van der Waals surface area contributed by atoms with E-state index in [9.17, 15) is 4.79 Å². The first-order valence-electron chi connectivity index (χ1n) is 7.99. The molecule has 2 heterocycles. The Labute approximate surface area is 145 Å². The van der Waals surface area contributed by atoms with Gasteiger partial charge in [0.15, 0.2) is 0 Å². The van der Waals surface area contributed by atoms with Crippen LogP contribution >= 0.6 is 15.9 Å². The lowest BCUT2D eigenvalue weighted by molar-refractivity contribution is -0.171. The quantitative estimate of drug-likeness (QED) is 0.811. The molecule has 3 atom stereocenters. The lowest BCUT2D eigenvalue weighted by atomic mass is 9.83. The second-order valence-electron chi connectivity index (χ2n) is 7.36. The molecule has 5 nitrogen and oxygen atoms in total. The van der Waals surface area contributed by atoms with Gasteiger partial charge in [-0.2, -0.15) is 0 Å². The van der Waals surface area contributed by atoms with E-state index in [4.69, 9.17) is 9.47 Å². The maximum Gasteiger partial charge on any atom is 0.332 e. The van der Waals surface area contributed by atoms with E-state index in [-0.39, 0.29) is 12.6 Å². The Morgan fingerprint density at radius 2 is 2.30 bits per heavy atom. The van der Waals surface area contributed by atoms with Crippen molar-refractivity contribution in [3.05, 3.63) is 28.5 Å². The van der Waals surface area contributed by atoms with Crippen LogP contribution in [0.25, 0.3) is 0 Å². The van der Waals surface area contributed by atoms with E-state index in [0.29, 0.717) is 12.0 Å². The van der Waals surface area contributed by atoms with Crippen molar-refractivity contribution in [2.75, 3.05) is 13.2 Å². The van der Waals surface area contributed by atoms with E-state index < -0.39 is 11.2 Å². The number of rotatable bonds is 4. The number of piperidine rings is 1.